The zero-order valence-electron chi connectivity index (χ0n) is 32.7. The monoisotopic (exact) mass is 697 g/mol. The smallest absolute Gasteiger partial charge is 0.318 e. The molecule has 6 nitrogen and oxygen atoms in total. The molecule has 0 bridgehead atoms. The van der Waals surface area contributed by atoms with Crippen LogP contribution in [0.1, 0.15) is 188 Å². The molecule has 0 saturated carbocycles. The third-order valence-corrected chi connectivity index (χ3v) is 10.7. The molecule has 0 fully saturated rings. The highest BCUT2D eigenvalue weighted by molar-refractivity contribution is 8.13. The number of unbranched alkanes of at least 4 members (excludes halogenated alkanes) is 16. The molecule has 0 aliphatic heterocycles. The summed E-state index contributed by atoms with van der Waals surface area (Å²) in [6, 6.07) is 0. The highest BCUT2D eigenvalue weighted by Crippen LogP contribution is 2.26. The molecule has 3 unspecified atom stereocenters. The Morgan fingerprint density at radius 2 is 1.04 bits per heavy atom. The number of esters is 1. The summed E-state index contributed by atoms with van der Waals surface area (Å²) in [5, 5.41) is 3.21. The molecular formula is C41H80N2O4S. The Kier molecular flexibility index (Phi) is 33.6. The van der Waals surface area contributed by atoms with Crippen LogP contribution in [0.2, 0.25) is 0 Å². The van der Waals surface area contributed by atoms with Crippen molar-refractivity contribution >= 4 is 28.8 Å². The Hall–Kier alpha value is -1.08. The van der Waals surface area contributed by atoms with E-state index >= 15 is 0 Å². The molecule has 0 aliphatic carbocycles. The minimum absolute atomic E-state index is 0.0767. The van der Waals surface area contributed by atoms with Crippen LogP contribution >= 0.6 is 11.8 Å². The van der Waals surface area contributed by atoms with Gasteiger partial charge in [-0.05, 0) is 52.1 Å². The van der Waals surface area contributed by atoms with Crippen molar-refractivity contribution in [3.63, 3.8) is 0 Å². The van der Waals surface area contributed by atoms with Gasteiger partial charge in [0, 0.05) is 24.8 Å². The second-order valence-corrected chi connectivity index (χ2v) is 15.7. The highest BCUT2D eigenvalue weighted by Gasteiger charge is 2.29. The number of likely N-dealkylation sites (N-methyl/N-ethyl adjacent to an activating group) is 1. The number of ether oxygens (including phenoxy) is 1. The first kappa shape index (κ1) is 46.9. The average Bonchev–Trinajstić information content (AvgIpc) is 3.07. The Morgan fingerprint density at radius 1 is 0.604 bits per heavy atom. The van der Waals surface area contributed by atoms with Crippen LogP contribution in [0, 0.1) is 17.8 Å². The predicted octanol–water partition coefficient (Wildman–Crippen LogP) is 11.1. The van der Waals surface area contributed by atoms with Crippen LogP contribution in [0.5, 0.6) is 0 Å². The minimum atomic E-state index is -0.871. The number of carbonyl (C=O) groups excluding carboxylic acids is 3. The largest absolute Gasteiger partial charge is 0.465 e. The van der Waals surface area contributed by atoms with Gasteiger partial charge in [-0.15, -0.1) is 0 Å². The lowest BCUT2D eigenvalue weighted by atomic mass is 9.95. The molecule has 0 aromatic carbocycles. The lowest BCUT2D eigenvalue weighted by molar-refractivity contribution is -0.154. The molecule has 7 heteroatoms. The van der Waals surface area contributed by atoms with Gasteiger partial charge in [-0.2, -0.15) is 0 Å². The predicted molar refractivity (Wildman–Crippen MR) is 209 cm³/mol. The normalized spacial score (nSPS) is 13.4. The summed E-state index contributed by atoms with van der Waals surface area (Å²) in [6.07, 6.45) is 28.9. The molecule has 0 aromatic heterocycles. The van der Waals surface area contributed by atoms with Crippen molar-refractivity contribution in [1.29, 1.82) is 0 Å². The summed E-state index contributed by atoms with van der Waals surface area (Å²) in [5.41, 5.74) is 0. The van der Waals surface area contributed by atoms with Gasteiger partial charge in [-0.1, -0.05) is 168 Å². The van der Waals surface area contributed by atoms with E-state index in [4.69, 9.17) is 4.74 Å². The van der Waals surface area contributed by atoms with Gasteiger partial charge in [-0.25, -0.2) is 0 Å². The molecule has 0 radical (unpaired) electrons. The summed E-state index contributed by atoms with van der Waals surface area (Å²) in [6.45, 7) is 10.5. The van der Waals surface area contributed by atoms with E-state index in [1.165, 1.54) is 121 Å². The lowest BCUT2D eigenvalue weighted by Crippen LogP contribution is -2.40. The van der Waals surface area contributed by atoms with E-state index in [-0.39, 0.29) is 16.9 Å². The van der Waals surface area contributed by atoms with Gasteiger partial charge in [0.15, 0.2) is 5.12 Å². The number of thioether (sulfide) groups is 1. The fourth-order valence-corrected chi connectivity index (χ4v) is 7.36. The number of hydrogen-bond acceptors (Lipinski definition) is 6. The van der Waals surface area contributed by atoms with Crippen LogP contribution < -0.4 is 5.32 Å². The molecule has 1 amide bonds. The second-order valence-electron chi connectivity index (χ2n) is 14.6. The molecule has 0 aromatic rings. The zero-order valence-corrected chi connectivity index (χ0v) is 33.5. The van der Waals surface area contributed by atoms with E-state index in [0.717, 1.165) is 44.9 Å². The van der Waals surface area contributed by atoms with Crippen molar-refractivity contribution in [2.45, 2.75) is 188 Å². The topological polar surface area (TPSA) is 75.7 Å². The maximum atomic E-state index is 13.5. The van der Waals surface area contributed by atoms with Crippen LogP contribution in [-0.2, 0) is 19.1 Å². The standard InChI is InChI=1S/C41H80N2O4S/c1-7-11-15-19-21-24-28-36(27-23-17-13-9-3)35-47-40(45)38(39(44)42-32-33-43(5)6)31-34-48-41(46)37(29-25-18-14-10-4)30-26-22-20-16-12-8-2/h36-38H,7-35H2,1-6H3,(H,42,44). The molecule has 1 N–H and O–H groups in total. The summed E-state index contributed by atoms with van der Waals surface area (Å²) < 4.78 is 5.94. The highest BCUT2D eigenvalue weighted by atomic mass is 32.2. The quantitative estimate of drug-likeness (QED) is 0.0404. The molecule has 0 aliphatic rings. The minimum Gasteiger partial charge on any atom is -0.465 e. The van der Waals surface area contributed by atoms with Crippen molar-refractivity contribution in [2.24, 2.45) is 17.8 Å². The van der Waals surface area contributed by atoms with Crippen LogP contribution in [0.3, 0.4) is 0 Å². The Balaban J connectivity index is 5.27. The van der Waals surface area contributed by atoms with Gasteiger partial charge in [0.25, 0.3) is 0 Å². The first-order chi connectivity index (χ1) is 23.3. The molecule has 48 heavy (non-hydrogen) atoms. The molecule has 0 spiro atoms. The van der Waals surface area contributed by atoms with Gasteiger partial charge in [0.1, 0.15) is 5.92 Å². The number of nitrogens with one attached hydrogen (secondary N) is 1. The third-order valence-electron chi connectivity index (χ3n) is 9.65. The van der Waals surface area contributed by atoms with E-state index in [0.29, 0.717) is 37.8 Å². The average molecular weight is 697 g/mol. The molecular weight excluding hydrogens is 617 g/mol. The first-order valence-electron chi connectivity index (χ1n) is 20.6. The van der Waals surface area contributed by atoms with Gasteiger partial charge in [0.05, 0.1) is 6.61 Å². The zero-order chi connectivity index (χ0) is 35.7. The van der Waals surface area contributed by atoms with E-state index in [2.05, 4.69) is 33.0 Å². The van der Waals surface area contributed by atoms with E-state index in [1.54, 1.807) is 0 Å². The first-order valence-corrected chi connectivity index (χ1v) is 21.5. The van der Waals surface area contributed by atoms with Gasteiger partial charge >= 0.3 is 5.97 Å². The Labute approximate surface area is 302 Å². The van der Waals surface area contributed by atoms with Crippen LogP contribution in [0.25, 0.3) is 0 Å². The fourth-order valence-electron chi connectivity index (χ4n) is 6.33. The molecule has 3 atom stereocenters. The van der Waals surface area contributed by atoms with E-state index < -0.39 is 11.9 Å². The number of amides is 1. The van der Waals surface area contributed by atoms with Gasteiger partial charge in [-0.3, -0.25) is 14.4 Å². The van der Waals surface area contributed by atoms with Crippen LogP contribution in [-0.4, -0.2) is 61.4 Å². The molecule has 0 saturated heterocycles. The molecule has 0 heterocycles. The van der Waals surface area contributed by atoms with Gasteiger partial charge in [0.2, 0.25) is 5.91 Å². The third kappa shape index (κ3) is 27.7. The summed E-state index contributed by atoms with van der Waals surface area (Å²) in [4.78, 5) is 42.2. The Bertz CT molecular complexity index is 763. The summed E-state index contributed by atoms with van der Waals surface area (Å²) in [7, 11) is 3.93. The lowest BCUT2D eigenvalue weighted by Gasteiger charge is -2.21. The second kappa shape index (κ2) is 34.4. The van der Waals surface area contributed by atoms with Crippen LogP contribution in [0.4, 0.5) is 0 Å². The van der Waals surface area contributed by atoms with E-state index in [9.17, 15) is 14.4 Å². The summed E-state index contributed by atoms with van der Waals surface area (Å²) >= 11 is 1.34. The van der Waals surface area contributed by atoms with Gasteiger partial charge < -0.3 is 15.0 Å². The van der Waals surface area contributed by atoms with E-state index in [1.807, 2.05) is 19.0 Å². The van der Waals surface area contributed by atoms with Crippen LogP contribution in [0.15, 0.2) is 0 Å². The maximum Gasteiger partial charge on any atom is 0.318 e. The van der Waals surface area contributed by atoms with Crippen molar-refractivity contribution in [3.05, 3.63) is 0 Å². The SMILES string of the molecule is CCCCCCCCC(CCCCCC)COC(=O)C(CCSC(=O)C(CCCCCC)CCCCCCCC)C(=O)NCCN(C)C. The number of carbonyl (C=O) groups is 3. The van der Waals surface area contributed by atoms with Crippen molar-refractivity contribution in [1.82, 2.24) is 10.2 Å². The summed E-state index contributed by atoms with van der Waals surface area (Å²) in [5.74, 6) is -0.666. The number of rotatable bonds is 35. The molecule has 284 valence electrons. The maximum absolute atomic E-state index is 13.5. The van der Waals surface area contributed by atoms with Crippen molar-refractivity contribution < 1.29 is 19.1 Å². The fraction of sp³-hybridized carbons (Fsp3) is 0.927. The Morgan fingerprint density at radius 3 is 1.52 bits per heavy atom. The van der Waals surface area contributed by atoms with Crippen molar-refractivity contribution in [3.8, 4) is 0 Å². The van der Waals surface area contributed by atoms with Crippen molar-refractivity contribution in [2.75, 3.05) is 39.5 Å². The number of nitrogens with zero attached hydrogens (tertiary/aromatic N) is 1. The number of hydrogen-bond donors (Lipinski definition) is 1. The molecule has 0 rings (SSSR count).